The number of nitrogens with zero attached hydrogens (tertiary/aromatic N) is 2. The van der Waals surface area contributed by atoms with Crippen molar-refractivity contribution >= 4 is 11.8 Å². The van der Waals surface area contributed by atoms with Gasteiger partial charge in [-0.25, -0.2) is 9.37 Å². The van der Waals surface area contributed by atoms with E-state index in [0.717, 1.165) is 36.5 Å². The number of hydrogen-bond donors (Lipinski definition) is 2. The van der Waals surface area contributed by atoms with Crippen molar-refractivity contribution in [3.8, 4) is 5.75 Å². The molecule has 0 saturated carbocycles. The third kappa shape index (κ3) is 7.17. The second-order valence-electron chi connectivity index (χ2n) is 10.2. The number of hydrogen-bond acceptors (Lipinski definition) is 6. The second kappa shape index (κ2) is 12.0. The highest BCUT2D eigenvalue weighted by Crippen LogP contribution is 2.33. The number of ether oxygens (including phenoxy) is 2. The number of halogens is 1. The van der Waals surface area contributed by atoms with Gasteiger partial charge in [0.2, 0.25) is 0 Å². The fraction of sp³-hybridized carbons (Fsp3) is 0.571. The molecule has 196 valence electrons. The van der Waals surface area contributed by atoms with E-state index in [2.05, 4.69) is 16.3 Å². The van der Waals surface area contributed by atoms with Crippen LogP contribution in [0.2, 0.25) is 0 Å². The van der Waals surface area contributed by atoms with Gasteiger partial charge < -0.3 is 19.9 Å². The van der Waals surface area contributed by atoms with E-state index < -0.39 is 11.6 Å². The number of aromatic nitrogens is 1. The van der Waals surface area contributed by atoms with Crippen LogP contribution in [0.3, 0.4) is 0 Å². The molecule has 2 aliphatic heterocycles. The molecule has 0 radical (unpaired) electrons. The molecule has 2 aromatic rings. The summed E-state index contributed by atoms with van der Waals surface area (Å²) in [6.45, 7) is 4.70. The molecule has 0 amide bonds. The van der Waals surface area contributed by atoms with Crippen LogP contribution >= 0.6 is 0 Å². The van der Waals surface area contributed by atoms with E-state index in [1.165, 1.54) is 5.56 Å². The average molecular weight is 500 g/mol. The van der Waals surface area contributed by atoms with Crippen LogP contribution in [0.25, 0.3) is 0 Å². The van der Waals surface area contributed by atoms with E-state index in [-0.39, 0.29) is 18.4 Å². The van der Waals surface area contributed by atoms with E-state index in [1.54, 1.807) is 7.11 Å². The minimum atomic E-state index is -1.29. The number of aliphatic carboxylic acids is 1. The summed E-state index contributed by atoms with van der Waals surface area (Å²) in [5.41, 5.74) is 1.75. The minimum absolute atomic E-state index is 0.0141. The highest BCUT2D eigenvalue weighted by Gasteiger charge is 2.39. The van der Waals surface area contributed by atoms with E-state index >= 15 is 4.39 Å². The summed E-state index contributed by atoms with van der Waals surface area (Å²) in [4.78, 5) is 18.4. The van der Waals surface area contributed by atoms with Crippen LogP contribution in [0, 0.1) is 0 Å². The molecule has 36 heavy (non-hydrogen) atoms. The first-order valence-electron chi connectivity index (χ1n) is 12.9. The summed E-state index contributed by atoms with van der Waals surface area (Å²) in [5, 5.41) is 12.9. The number of pyridine rings is 1. The van der Waals surface area contributed by atoms with Gasteiger partial charge in [0.25, 0.3) is 0 Å². The highest BCUT2D eigenvalue weighted by molar-refractivity contribution is 5.68. The van der Waals surface area contributed by atoms with Gasteiger partial charge in [-0.15, -0.1) is 0 Å². The number of carbonyl (C=O) groups is 1. The molecule has 3 unspecified atom stereocenters. The number of rotatable bonds is 12. The van der Waals surface area contributed by atoms with Crippen molar-refractivity contribution in [2.45, 2.75) is 63.1 Å². The first-order valence-corrected chi connectivity index (χ1v) is 12.9. The lowest BCUT2D eigenvalue weighted by Crippen LogP contribution is -2.32. The van der Waals surface area contributed by atoms with Crippen LogP contribution in [0.4, 0.5) is 10.2 Å². The number of anilines is 1. The number of methoxy groups -OCH3 is 1. The van der Waals surface area contributed by atoms with Gasteiger partial charge in [-0.3, -0.25) is 9.69 Å². The maximum Gasteiger partial charge on any atom is 0.304 e. The van der Waals surface area contributed by atoms with Gasteiger partial charge in [0.1, 0.15) is 23.8 Å². The number of benzene rings is 1. The fourth-order valence-corrected chi connectivity index (χ4v) is 5.09. The molecule has 4 rings (SSSR count). The second-order valence-corrected chi connectivity index (χ2v) is 10.2. The highest BCUT2D eigenvalue weighted by atomic mass is 19.1. The molecule has 3 atom stereocenters. The van der Waals surface area contributed by atoms with Crippen LogP contribution in [0.5, 0.6) is 5.75 Å². The lowest BCUT2D eigenvalue weighted by atomic mass is 9.94. The third-order valence-electron chi connectivity index (χ3n) is 7.28. The number of likely N-dealkylation sites (tertiary alicyclic amines) is 1. The summed E-state index contributed by atoms with van der Waals surface area (Å²) in [6, 6.07) is 11.7. The van der Waals surface area contributed by atoms with Gasteiger partial charge in [0, 0.05) is 44.9 Å². The Kier molecular flexibility index (Phi) is 8.80. The summed E-state index contributed by atoms with van der Waals surface area (Å²) in [6.07, 6.45) is 3.56. The zero-order valence-electron chi connectivity index (χ0n) is 21.3. The van der Waals surface area contributed by atoms with Gasteiger partial charge in [-0.05, 0) is 68.4 Å². The van der Waals surface area contributed by atoms with Crippen molar-refractivity contribution in [1.29, 1.82) is 0 Å². The molecule has 8 heteroatoms. The molecule has 0 bridgehead atoms. The first kappa shape index (κ1) is 26.4. The van der Waals surface area contributed by atoms with Crippen molar-refractivity contribution in [1.82, 2.24) is 9.88 Å². The fourth-order valence-electron chi connectivity index (χ4n) is 5.09. The van der Waals surface area contributed by atoms with Crippen molar-refractivity contribution in [3.63, 3.8) is 0 Å². The Hall–Kier alpha value is -2.71. The standard InChI is InChI=1S/C28H38FN3O4/c1-20(35-2)18-36-25-7-3-5-22(15-25)23(16-26(33)34)17-32-14-12-28(29,19-32)11-10-24-9-8-21-6-4-13-30-27(21)31-24/h3,5,7-9,15,20,23H,4,6,10-14,16-19H2,1-2H3,(H,30,31)(H,33,34). The number of nitrogens with one attached hydrogen (secondary N) is 1. The van der Waals surface area contributed by atoms with E-state index in [4.69, 9.17) is 14.5 Å². The predicted molar refractivity (Wildman–Crippen MR) is 138 cm³/mol. The Morgan fingerprint density at radius 1 is 1.33 bits per heavy atom. The Morgan fingerprint density at radius 2 is 2.19 bits per heavy atom. The first-order chi connectivity index (χ1) is 17.3. The Morgan fingerprint density at radius 3 is 3.00 bits per heavy atom. The Bertz CT molecular complexity index is 1040. The van der Waals surface area contributed by atoms with Crippen LogP contribution in [0.1, 0.15) is 55.3 Å². The normalized spacial score (nSPS) is 21.4. The largest absolute Gasteiger partial charge is 0.491 e. The number of aryl methyl sites for hydroxylation is 2. The van der Waals surface area contributed by atoms with Crippen LogP contribution in [-0.4, -0.2) is 72.6 Å². The van der Waals surface area contributed by atoms with Gasteiger partial charge in [-0.1, -0.05) is 18.2 Å². The van der Waals surface area contributed by atoms with Crippen molar-refractivity contribution < 1.29 is 23.8 Å². The molecule has 1 fully saturated rings. The molecule has 1 saturated heterocycles. The predicted octanol–water partition coefficient (Wildman–Crippen LogP) is 4.46. The Balaban J connectivity index is 1.35. The molecule has 1 aromatic heterocycles. The summed E-state index contributed by atoms with van der Waals surface area (Å²) in [5.74, 6) is 0.512. The maximum absolute atomic E-state index is 15.7. The van der Waals surface area contributed by atoms with Gasteiger partial charge in [0.05, 0.1) is 12.5 Å². The lowest BCUT2D eigenvalue weighted by Gasteiger charge is -2.25. The number of carboxylic acid groups (broad SMARTS) is 1. The maximum atomic E-state index is 15.7. The average Bonchev–Trinajstić information content (AvgIpc) is 3.26. The zero-order chi connectivity index (χ0) is 25.5. The molecule has 7 nitrogen and oxygen atoms in total. The summed E-state index contributed by atoms with van der Waals surface area (Å²) >= 11 is 0. The SMILES string of the molecule is COC(C)COc1cccc(C(CC(=O)O)CN2CCC(F)(CCc3ccc4c(n3)NCCC4)C2)c1. The van der Waals surface area contributed by atoms with Gasteiger partial charge >= 0.3 is 5.97 Å². The minimum Gasteiger partial charge on any atom is -0.491 e. The number of carboxylic acids is 1. The summed E-state index contributed by atoms with van der Waals surface area (Å²) < 4.78 is 26.8. The van der Waals surface area contributed by atoms with Crippen LogP contribution in [0.15, 0.2) is 36.4 Å². The smallest absolute Gasteiger partial charge is 0.304 e. The zero-order valence-corrected chi connectivity index (χ0v) is 21.3. The molecule has 0 aliphatic carbocycles. The van der Waals surface area contributed by atoms with Crippen LogP contribution in [-0.2, 0) is 22.4 Å². The molecule has 3 heterocycles. The molecular weight excluding hydrogens is 461 g/mol. The quantitative estimate of drug-likeness (QED) is 0.446. The van der Waals surface area contributed by atoms with Crippen molar-refractivity contribution in [2.24, 2.45) is 0 Å². The number of alkyl halides is 1. The molecule has 2 N–H and O–H groups in total. The lowest BCUT2D eigenvalue weighted by molar-refractivity contribution is -0.137. The topological polar surface area (TPSA) is 83.9 Å². The molecule has 2 aliphatic rings. The molecule has 0 spiro atoms. The number of fused-ring (bicyclic) bond motifs is 1. The van der Waals surface area contributed by atoms with E-state index in [1.807, 2.05) is 37.3 Å². The van der Waals surface area contributed by atoms with Gasteiger partial charge in [0.15, 0.2) is 0 Å². The van der Waals surface area contributed by atoms with Crippen molar-refractivity contribution in [2.75, 3.05) is 45.2 Å². The molecule has 1 aromatic carbocycles. The van der Waals surface area contributed by atoms with E-state index in [0.29, 0.717) is 51.3 Å². The van der Waals surface area contributed by atoms with E-state index in [9.17, 15) is 9.90 Å². The van der Waals surface area contributed by atoms with Gasteiger partial charge in [-0.2, -0.15) is 0 Å². The molecular formula is C28H38FN3O4. The monoisotopic (exact) mass is 499 g/mol. The van der Waals surface area contributed by atoms with Crippen molar-refractivity contribution in [3.05, 3.63) is 53.2 Å². The Labute approximate surface area is 213 Å². The van der Waals surface area contributed by atoms with Crippen LogP contribution < -0.4 is 10.1 Å². The summed E-state index contributed by atoms with van der Waals surface area (Å²) in [7, 11) is 1.63. The third-order valence-corrected chi connectivity index (χ3v) is 7.28.